The van der Waals surface area contributed by atoms with E-state index >= 15 is 0 Å². The fraction of sp³-hybridized carbons (Fsp3) is 0.536. The number of rotatable bonds is 11. The lowest BCUT2D eigenvalue weighted by Gasteiger charge is -2.34. The number of alkyl halides is 6. The molecule has 0 saturated carbocycles. The van der Waals surface area contributed by atoms with Gasteiger partial charge in [-0.1, -0.05) is 19.6 Å². The number of nitrogens with one attached hydrogen (secondary N) is 1. The van der Waals surface area contributed by atoms with Gasteiger partial charge in [-0.15, -0.1) is 0 Å². The Morgan fingerprint density at radius 3 is 2.26 bits per heavy atom. The molecule has 3 aromatic heterocycles. The SMILES string of the molecule is CC(Nc1cnn(COCC[Si](C)(C)C)c(=O)c1C(F)(F)F)C(O)c1ccc(C(=O)N2CCN(c3ncc(C(F)(F)F)cn3)CC2)o1. The van der Waals surface area contributed by atoms with E-state index in [0.29, 0.717) is 17.1 Å². The molecule has 1 aliphatic heterocycles. The third-order valence-electron chi connectivity index (χ3n) is 7.34. The van der Waals surface area contributed by atoms with Crippen molar-refractivity contribution in [2.45, 2.75) is 63.8 Å². The molecule has 0 bridgehead atoms. The summed E-state index contributed by atoms with van der Waals surface area (Å²) in [5.74, 6) is -0.700. The Labute approximate surface area is 266 Å². The normalized spacial score (nSPS) is 15.9. The molecule has 4 heterocycles. The average molecular weight is 692 g/mol. The van der Waals surface area contributed by atoms with E-state index in [4.69, 9.17) is 9.15 Å². The molecule has 2 N–H and O–H groups in total. The molecule has 1 amide bonds. The van der Waals surface area contributed by atoms with E-state index in [1.165, 1.54) is 24.0 Å². The summed E-state index contributed by atoms with van der Waals surface area (Å²) in [7, 11) is -1.46. The van der Waals surface area contributed by atoms with E-state index < -0.39 is 67.6 Å². The Balaban J connectivity index is 1.37. The van der Waals surface area contributed by atoms with Gasteiger partial charge in [-0.05, 0) is 25.1 Å². The molecular formula is C28H35F6N7O5Si. The first-order valence-corrected chi connectivity index (χ1v) is 18.3. The molecule has 258 valence electrons. The highest BCUT2D eigenvalue weighted by Crippen LogP contribution is 2.33. The summed E-state index contributed by atoms with van der Waals surface area (Å²) in [5.41, 5.74) is -4.54. The molecule has 1 aliphatic rings. The highest BCUT2D eigenvalue weighted by Gasteiger charge is 2.39. The maximum atomic E-state index is 14.0. The van der Waals surface area contributed by atoms with E-state index in [-0.39, 0.29) is 50.3 Å². The topological polar surface area (TPSA) is 139 Å². The lowest BCUT2D eigenvalue weighted by molar-refractivity contribution is -0.139. The minimum atomic E-state index is -5.04. The van der Waals surface area contributed by atoms with Crippen LogP contribution in [-0.2, 0) is 23.8 Å². The Morgan fingerprint density at radius 1 is 1.04 bits per heavy atom. The number of aliphatic hydroxyl groups excluding tert-OH is 1. The van der Waals surface area contributed by atoms with Crippen LogP contribution in [0.1, 0.15) is 40.5 Å². The first-order chi connectivity index (χ1) is 21.8. The Hall–Kier alpha value is -3.97. The van der Waals surface area contributed by atoms with Gasteiger partial charge in [-0.3, -0.25) is 9.59 Å². The van der Waals surface area contributed by atoms with Crippen molar-refractivity contribution in [1.29, 1.82) is 0 Å². The van der Waals surface area contributed by atoms with Crippen molar-refractivity contribution in [3.8, 4) is 0 Å². The third-order valence-corrected chi connectivity index (χ3v) is 9.04. The number of aromatic nitrogens is 4. The van der Waals surface area contributed by atoms with Crippen LogP contribution in [0.4, 0.5) is 38.0 Å². The second-order valence-electron chi connectivity index (χ2n) is 12.2. The zero-order valence-electron chi connectivity index (χ0n) is 26.0. The summed E-state index contributed by atoms with van der Waals surface area (Å²) in [4.78, 5) is 36.4. The maximum absolute atomic E-state index is 14.0. The molecule has 47 heavy (non-hydrogen) atoms. The number of furan rings is 1. The number of amides is 1. The fourth-order valence-electron chi connectivity index (χ4n) is 4.59. The molecule has 0 spiro atoms. The van der Waals surface area contributed by atoms with Gasteiger partial charge in [0.1, 0.15) is 24.2 Å². The lowest BCUT2D eigenvalue weighted by Crippen LogP contribution is -2.49. The van der Waals surface area contributed by atoms with Gasteiger partial charge in [0, 0.05) is 53.3 Å². The van der Waals surface area contributed by atoms with Crippen LogP contribution in [0.25, 0.3) is 0 Å². The number of carbonyl (C=O) groups is 1. The van der Waals surface area contributed by atoms with Crippen LogP contribution in [0.3, 0.4) is 0 Å². The molecule has 2 unspecified atom stereocenters. The quantitative estimate of drug-likeness (QED) is 0.168. The second kappa shape index (κ2) is 14.0. The van der Waals surface area contributed by atoms with Crippen molar-refractivity contribution >= 4 is 25.6 Å². The summed E-state index contributed by atoms with van der Waals surface area (Å²) < 4.78 is 91.8. The van der Waals surface area contributed by atoms with Crippen molar-refractivity contribution in [1.82, 2.24) is 24.6 Å². The molecule has 0 radical (unpaired) electrons. The van der Waals surface area contributed by atoms with E-state index in [2.05, 4.69) is 40.0 Å². The molecule has 12 nitrogen and oxygen atoms in total. The largest absolute Gasteiger partial charge is 0.453 e. The van der Waals surface area contributed by atoms with Gasteiger partial charge in [-0.25, -0.2) is 14.6 Å². The van der Waals surface area contributed by atoms with Crippen molar-refractivity contribution < 1.29 is 45.4 Å². The van der Waals surface area contributed by atoms with Gasteiger partial charge in [0.2, 0.25) is 5.95 Å². The number of hydrogen-bond acceptors (Lipinski definition) is 10. The average Bonchev–Trinajstić information content (AvgIpc) is 3.48. The van der Waals surface area contributed by atoms with E-state index in [1.807, 2.05) is 0 Å². The van der Waals surface area contributed by atoms with Crippen LogP contribution >= 0.6 is 0 Å². The minimum Gasteiger partial charge on any atom is -0.453 e. The summed E-state index contributed by atoms with van der Waals surface area (Å²) in [6.07, 6.45) is -8.93. The molecule has 1 saturated heterocycles. The molecule has 2 atom stereocenters. The van der Waals surface area contributed by atoms with Crippen LogP contribution in [0.2, 0.25) is 25.7 Å². The minimum absolute atomic E-state index is 0.0852. The number of piperazine rings is 1. The lowest BCUT2D eigenvalue weighted by atomic mass is 10.1. The Kier molecular flexibility index (Phi) is 10.7. The molecule has 1 fully saturated rings. The van der Waals surface area contributed by atoms with Crippen LogP contribution in [-0.4, -0.2) is 82.6 Å². The molecule has 19 heteroatoms. The summed E-state index contributed by atoms with van der Waals surface area (Å²) >= 11 is 0. The summed E-state index contributed by atoms with van der Waals surface area (Å²) in [6, 6.07) is 2.25. The fourth-order valence-corrected chi connectivity index (χ4v) is 5.34. The maximum Gasteiger partial charge on any atom is 0.423 e. The summed E-state index contributed by atoms with van der Waals surface area (Å²) in [6.45, 7) is 8.30. The van der Waals surface area contributed by atoms with Crippen molar-refractivity contribution in [2.24, 2.45) is 0 Å². The van der Waals surface area contributed by atoms with E-state index in [9.17, 15) is 41.0 Å². The van der Waals surface area contributed by atoms with Gasteiger partial charge in [0.05, 0.1) is 23.5 Å². The van der Waals surface area contributed by atoms with Crippen molar-refractivity contribution in [3.63, 3.8) is 0 Å². The third kappa shape index (κ3) is 9.10. The Morgan fingerprint density at radius 2 is 1.68 bits per heavy atom. The monoisotopic (exact) mass is 691 g/mol. The van der Waals surface area contributed by atoms with Crippen LogP contribution < -0.4 is 15.8 Å². The van der Waals surface area contributed by atoms with Gasteiger partial charge >= 0.3 is 12.4 Å². The predicted octanol–water partition coefficient (Wildman–Crippen LogP) is 4.47. The first-order valence-electron chi connectivity index (χ1n) is 14.6. The van der Waals surface area contributed by atoms with Crippen LogP contribution in [0, 0.1) is 0 Å². The molecular weight excluding hydrogens is 656 g/mol. The van der Waals surface area contributed by atoms with Crippen molar-refractivity contribution in [2.75, 3.05) is 43.0 Å². The number of nitrogens with zero attached hydrogens (tertiary/aromatic N) is 6. The smallest absolute Gasteiger partial charge is 0.423 e. The van der Waals surface area contributed by atoms with Gasteiger partial charge in [-0.2, -0.15) is 31.4 Å². The molecule has 3 aromatic rings. The highest BCUT2D eigenvalue weighted by atomic mass is 28.3. The van der Waals surface area contributed by atoms with Gasteiger partial charge in [0.25, 0.3) is 11.5 Å². The summed E-state index contributed by atoms with van der Waals surface area (Å²) in [5, 5.41) is 17.1. The first kappa shape index (κ1) is 35.9. The number of anilines is 2. The number of halogens is 6. The van der Waals surface area contributed by atoms with Crippen LogP contribution in [0.15, 0.2) is 39.9 Å². The number of hydrogen-bond donors (Lipinski definition) is 2. The Bertz CT molecular complexity index is 1580. The highest BCUT2D eigenvalue weighted by molar-refractivity contribution is 6.76. The van der Waals surface area contributed by atoms with E-state index in [1.54, 1.807) is 4.90 Å². The van der Waals surface area contributed by atoms with Gasteiger partial charge in [0.15, 0.2) is 5.76 Å². The molecule has 0 aromatic carbocycles. The number of carbonyl (C=O) groups excluding carboxylic acids is 1. The van der Waals surface area contributed by atoms with E-state index in [0.717, 1.165) is 12.2 Å². The zero-order valence-corrected chi connectivity index (χ0v) is 27.0. The molecule has 4 rings (SSSR count). The predicted molar refractivity (Wildman–Crippen MR) is 160 cm³/mol. The number of ether oxygens (including phenoxy) is 1. The van der Waals surface area contributed by atoms with Crippen molar-refractivity contribution in [3.05, 3.63) is 63.7 Å². The second-order valence-corrected chi connectivity index (χ2v) is 17.8. The van der Waals surface area contributed by atoms with Crippen LogP contribution in [0.5, 0.6) is 0 Å². The zero-order chi connectivity index (χ0) is 34.7. The van der Waals surface area contributed by atoms with Gasteiger partial charge < -0.3 is 29.4 Å². The molecule has 0 aliphatic carbocycles. The number of aliphatic hydroxyl groups is 1. The standard InChI is InChI=1S/C28H35F6N7O5Si/c1-17(38-19-15-37-41(16-45-11-12-47(2,3)4)25(44)22(19)28(32,33)34)23(42)20-5-6-21(46-20)24(43)39-7-9-40(10-8-39)26-35-13-18(14-36-26)27(29,30)31/h5-6,13-15,17,23,38,42H,7-12,16H2,1-4H3.